The van der Waals surface area contributed by atoms with Crippen molar-refractivity contribution in [1.82, 2.24) is 35.0 Å². The molecule has 98 valence electrons. The molecule has 3 rings (SSSR count). The van der Waals surface area contributed by atoms with E-state index in [4.69, 9.17) is 5.73 Å². The van der Waals surface area contributed by atoms with Gasteiger partial charge >= 0.3 is 0 Å². The first-order chi connectivity index (χ1) is 9.20. The summed E-state index contributed by atoms with van der Waals surface area (Å²) in [5, 5.41) is 9.66. The third-order valence-electron chi connectivity index (χ3n) is 2.58. The number of aromatic nitrogens is 6. The average Bonchev–Trinajstić information content (AvgIpc) is 3.00. The van der Waals surface area contributed by atoms with Crippen molar-refractivity contribution in [3.63, 3.8) is 0 Å². The monoisotopic (exact) mass is 261 g/mol. The van der Waals surface area contributed by atoms with Gasteiger partial charge < -0.3 is 16.4 Å². The Morgan fingerprint density at radius 3 is 3.00 bits per heavy atom. The van der Waals surface area contributed by atoms with E-state index in [1.807, 2.05) is 0 Å². The van der Waals surface area contributed by atoms with Crippen molar-refractivity contribution in [3.05, 3.63) is 12.7 Å². The molecule has 1 atom stereocenters. The maximum absolute atomic E-state index is 11.1. The lowest BCUT2D eigenvalue weighted by Gasteiger charge is -2.10. The van der Waals surface area contributed by atoms with E-state index in [0.29, 0.717) is 18.9 Å². The van der Waals surface area contributed by atoms with Crippen LogP contribution in [0.25, 0.3) is 5.95 Å². The van der Waals surface area contributed by atoms with E-state index in [1.165, 1.54) is 17.3 Å². The van der Waals surface area contributed by atoms with E-state index in [1.54, 1.807) is 0 Å². The zero-order valence-electron chi connectivity index (χ0n) is 9.82. The first-order valence-corrected chi connectivity index (χ1v) is 5.60. The second-order valence-corrected chi connectivity index (χ2v) is 4.01. The third kappa shape index (κ3) is 2.41. The summed E-state index contributed by atoms with van der Waals surface area (Å²) in [7, 11) is 0. The number of carbonyl (C=O) groups excluding carboxylic acids is 1. The minimum absolute atomic E-state index is 0.00368. The highest BCUT2D eigenvalue weighted by Gasteiger charge is 2.22. The summed E-state index contributed by atoms with van der Waals surface area (Å²) in [5.41, 5.74) is 5.62. The number of hydrogen-bond donors (Lipinski definition) is 3. The van der Waals surface area contributed by atoms with Crippen molar-refractivity contribution in [2.75, 3.05) is 17.6 Å². The molecule has 0 saturated carbocycles. The summed E-state index contributed by atoms with van der Waals surface area (Å²) in [6.07, 6.45) is 3.20. The largest absolute Gasteiger partial charge is 0.368 e. The molecule has 10 heteroatoms. The smallest absolute Gasteiger partial charge is 0.258 e. The van der Waals surface area contributed by atoms with Gasteiger partial charge in [0.15, 0.2) is 0 Å². The van der Waals surface area contributed by atoms with Gasteiger partial charge in [0.1, 0.15) is 12.7 Å². The highest BCUT2D eigenvalue weighted by Crippen LogP contribution is 2.10. The topological polar surface area (TPSA) is 137 Å². The number of hydrogen-bond acceptors (Lipinski definition) is 8. The summed E-state index contributed by atoms with van der Waals surface area (Å²) in [5.74, 6) is 0.639. The summed E-state index contributed by atoms with van der Waals surface area (Å²) in [4.78, 5) is 27.0. The lowest BCUT2D eigenvalue weighted by atomic mass is 10.3. The van der Waals surface area contributed by atoms with Crippen LogP contribution in [0.1, 0.15) is 6.42 Å². The van der Waals surface area contributed by atoms with E-state index >= 15 is 0 Å². The summed E-state index contributed by atoms with van der Waals surface area (Å²) in [6.45, 7) is 0.531. The highest BCUT2D eigenvalue weighted by molar-refractivity contribution is 5.79. The van der Waals surface area contributed by atoms with Gasteiger partial charge in [0.2, 0.25) is 17.8 Å². The molecule has 1 unspecified atom stereocenters. The normalized spacial score (nSPS) is 18.3. The molecule has 1 aliphatic heterocycles. The number of anilines is 2. The third-order valence-corrected chi connectivity index (χ3v) is 2.58. The number of amides is 1. The van der Waals surface area contributed by atoms with Gasteiger partial charge in [-0.25, -0.2) is 4.98 Å². The number of nitrogen functional groups attached to an aromatic ring is 1. The maximum Gasteiger partial charge on any atom is 0.258 e. The Morgan fingerprint density at radius 2 is 2.32 bits per heavy atom. The summed E-state index contributed by atoms with van der Waals surface area (Å²) in [6, 6.07) is -0.0575. The van der Waals surface area contributed by atoms with Gasteiger partial charge in [-0.2, -0.15) is 24.7 Å². The lowest BCUT2D eigenvalue weighted by molar-refractivity contribution is -0.119. The second kappa shape index (κ2) is 4.48. The van der Waals surface area contributed by atoms with Crippen LogP contribution in [0.2, 0.25) is 0 Å². The quantitative estimate of drug-likeness (QED) is 0.596. The van der Waals surface area contributed by atoms with E-state index < -0.39 is 0 Å². The fourth-order valence-electron chi connectivity index (χ4n) is 1.75. The van der Waals surface area contributed by atoms with Crippen LogP contribution in [0.4, 0.5) is 11.9 Å². The van der Waals surface area contributed by atoms with Gasteiger partial charge in [-0.05, 0) is 0 Å². The molecule has 0 aliphatic carbocycles. The Balaban J connectivity index is 1.84. The molecule has 4 N–H and O–H groups in total. The number of nitrogens with two attached hydrogens (primary N) is 1. The second-order valence-electron chi connectivity index (χ2n) is 4.01. The molecule has 19 heavy (non-hydrogen) atoms. The fourth-order valence-corrected chi connectivity index (χ4v) is 1.75. The molecule has 1 saturated heterocycles. The average molecular weight is 261 g/mol. The number of rotatable bonds is 3. The van der Waals surface area contributed by atoms with Gasteiger partial charge in [-0.1, -0.05) is 0 Å². The Labute approximate surface area is 107 Å². The van der Waals surface area contributed by atoms with Gasteiger partial charge in [0.25, 0.3) is 5.95 Å². The van der Waals surface area contributed by atoms with Gasteiger partial charge in [-0.3, -0.25) is 4.79 Å². The van der Waals surface area contributed by atoms with Crippen LogP contribution in [-0.4, -0.2) is 48.2 Å². The van der Waals surface area contributed by atoms with E-state index in [0.717, 1.165) is 0 Å². The Kier molecular flexibility index (Phi) is 2.67. The fraction of sp³-hybridized carbons (Fsp3) is 0.333. The van der Waals surface area contributed by atoms with Gasteiger partial charge in [-0.15, -0.1) is 0 Å². The summed E-state index contributed by atoms with van der Waals surface area (Å²) >= 11 is 0. The molecule has 10 nitrogen and oxygen atoms in total. The van der Waals surface area contributed by atoms with Crippen molar-refractivity contribution < 1.29 is 4.79 Å². The molecule has 0 spiro atoms. The number of nitrogens with zero attached hydrogens (tertiary/aromatic N) is 6. The van der Waals surface area contributed by atoms with Crippen molar-refractivity contribution in [3.8, 4) is 5.95 Å². The van der Waals surface area contributed by atoms with Crippen LogP contribution in [0.5, 0.6) is 0 Å². The maximum atomic E-state index is 11.1. The molecule has 2 aromatic rings. The minimum atomic E-state index is -0.0575. The molecular formula is C9H11N9O. The molecule has 1 aliphatic rings. The van der Waals surface area contributed by atoms with E-state index in [-0.39, 0.29) is 23.8 Å². The molecule has 0 bridgehead atoms. The number of nitrogens with one attached hydrogen (secondary N) is 2. The van der Waals surface area contributed by atoms with Gasteiger partial charge in [0, 0.05) is 13.0 Å². The van der Waals surface area contributed by atoms with Crippen molar-refractivity contribution in [2.45, 2.75) is 12.5 Å². The summed E-state index contributed by atoms with van der Waals surface area (Å²) < 4.78 is 1.38. The Hall–Kier alpha value is -2.78. The number of carbonyl (C=O) groups is 1. The lowest BCUT2D eigenvalue weighted by Crippen LogP contribution is -2.24. The molecule has 1 fully saturated rings. The van der Waals surface area contributed by atoms with Crippen molar-refractivity contribution >= 4 is 17.8 Å². The van der Waals surface area contributed by atoms with Crippen LogP contribution in [0.3, 0.4) is 0 Å². The molecule has 0 radical (unpaired) electrons. The molecule has 1 amide bonds. The van der Waals surface area contributed by atoms with Crippen molar-refractivity contribution in [1.29, 1.82) is 0 Å². The Morgan fingerprint density at radius 1 is 1.42 bits per heavy atom. The molecule has 3 heterocycles. The Bertz CT molecular complexity index is 596. The van der Waals surface area contributed by atoms with Crippen LogP contribution < -0.4 is 16.4 Å². The molecule has 2 aromatic heterocycles. The SMILES string of the molecule is Nc1nc(NC2CNC(=O)C2)nc(-n2cncn2)n1. The van der Waals surface area contributed by atoms with Crippen LogP contribution >= 0.6 is 0 Å². The first-order valence-electron chi connectivity index (χ1n) is 5.60. The van der Waals surface area contributed by atoms with Crippen LogP contribution in [-0.2, 0) is 4.79 Å². The predicted octanol–water partition coefficient (Wildman–Crippen LogP) is -1.67. The zero-order valence-corrected chi connectivity index (χ0v) is 9.82. The van der Waals surface area contributed by atoms with Crippen molar-refractivity contribution in [2.24, 2.45) is 0 Å². The standard InChI is InChI=1S/C9H11N9O/c10-7-15-8(14-5-1-6(19)12-2-5)17-9(16-7)18-4-11-3-13-18/h3-5H,1-2H2,(H,12,19)(H3,10,14,15,16,17). The molecule has 0 aromatic carbocycles. The highest BCUT2D eigenvalue weighted by atomic mass is 16.1. The molecular weight excluding hydrogens is 250 g/mol. The van der Waals surface area contributed by atoms with Crippen LogP contribution in [0, 0.1) is 0 Å². The zero-order chi connectivity index (χ0) is 13.2. The van der Waals surface area contributed by atoms with E-state index in [2.05, 4.69) is 35.7 Å². The van der Waals surface area contributed by atoms with Gasteiger partial charge in [0.05, 0.1) is 6.04 Å². The predicted molar refractivity (Wildman–Crippen MR) is 64.2 cm³/mol. The van der Waals surface area contributed by atoms with E-state index in [9.17, 15) is 4.79 Å². The van der Waals surface area contributed by atoms with Crippen LogP contribution in [0.15, 0.2) is 12.7 Å². The first kappa shape index (κ1) is 11.3. The minimum Gasteiger partial charge on any atom is -0.368 e.